The summed E-state index contributed by atoms with van der Waals surface area (Å²) in [5.74, 6) is -1.05. The van der Waals surface area contributed by atoms with Crippen molar-refractivity contribution in [3.05, 3.63) is 71.4 Å². The summed E-state index contributed by atoms with van der Waals surface area (Å²) in [6, 6.07) is 10.2. The van der Waals surface area contributed by atoms with Gasteiger partial charge in [-0.1, -0.05) is 41.9 Å². The number of rotatable bonds is 5. The Hall–Kier alpha value is -2.69. The molecule has 1 atom stereocenters. The molecular weight excluding hydrogens is 451 g/mol. The van der Waals surface area contributed by atoms with Crippen LogP contribution in [0.3, 0.4) is 0 Å². The number of benzene rings is 1. The third-order valence-electron chi connectivity index (χ3n) is 4.30. The monoisotopic (exact) mass is 464 g/mol. The van der Waals surface area contributed by atoms with E-state index in [0.29, 0.717) is 10.9 Å². The van der Waals surface area contributed by atoms with Crippen molar-refractivity contribution in [3.63, 3.8) is 0 Å². The van der Waals surface area contributed by atoms with E-state index in [1.165, 1.54) is 24.7 Å². The van der Waals surface area contributed by atoms with Crippen molar-refractivity contribution in [1.82, 2.24) is 18.9 Å². The molecule has 0 amide bonds. The molecule has 0 aliphatic carbocycles. The van der Waals surface area contributed by atoms with Crippen LogP contribution in [0, 0.1) is 5.82 Å². The fraction of sp³-hybridized carbons (Fsp3) is 0.105. The molecule has 0 spiro atoms. The summed E-state index contributed by atoms with van der Waals surface area (Å²) in [6.45, 7) is 0. The fourth-order valence-corrected chi connectivity index (χ4v) is 5.11. The minimum Gasteiger partial charge on any atom is -0.253 e. The van der Waals surface area contributed by atoms with E-state index in [0.717, 1.165) is 10.2 Å². The van der Waals surface area contributed by atoms with Gasteiger partial charge in [0.05, 0.1) is 27.8 Å². The molecular formula is C19H14ClFN4O3S2. The number of hydrogen-bond acceptors (Lipinski definition) is 6. The third kappa shape index (κ3) is 3.85. The van der Waals surface area contributed by atoms with E-state index in [-0.39, 0.29) is 32.8 Å². The molecule has 4 aromatic rings. The summed E-state index contributed by atoms with van der Waals surface area (Å²) >= 11 is 6.07. The maximum Gasteiger partial charge on any atom is 0.244 e. The van der Waals surface area contributed by atoms with Crippen molar-refractivity contribution in [1.29, 1.82) is 0 Å². The largest absolute Gasteiger partial charge is 0.253 e. The van der Waals surface area contributed by atoms with Crippen molar-refractivity contribution in [2.75, 3.05) is 6.26 Å². The highest BCUT2D eigenvalue weighted by molar-refractivity contribution is 7.89. The number of halogens is 2. The van der Waals surface area contributed by atoms with E-state index in [9.17, 15) is 17.0 Å². The summed E-state index contributed by atoms with van der Waals surface area (Å²) in [6.07, 6.45) is 4.85. The van der Waals surface area contributed by atoms with Gasteiger partial charge in [0.2, 0.25) is 10.0 Å². The smallest absolute Gasteiger partial charge is 0.244 e. The molecule has 0 fully saturated rings. The normalized spacial score (nSPS) is 12.9. The second kappa shape index (κ2) is 7.86. The summed E-state index contributed by atoms with van der Waals surface area (Å²) in [7, 11) is -5.55. The maximum atomic E-state index is 13.9. The SMILES string of the molecule is CS(=O)c1nc(-c2cn(S(=O)(=O)Cc3ccccc3)c3ncc(Cl)cc23)ncc1F. The van der Waals surface area contributed by atoms with Gasteiger partial charge in [0.25, 0.3) is 0 Å². The van der Waals surface area contributed by atoms with Gasteiger partial charge in [-0.3, -0.25) is 4.21 Å². The molecule has 1 aromatic carbocycles. The third-order valence-corrected chi connectivity index (χ3v) is 6.91. The van der Waals surface area contributed by atoms with Crippen LogP contribution in [0.1, 0.15) is 5.56 Å². The van der Waals surface area contributed by atoms with E-state index in [1.54, 1.807) is 30.3 Å². The predicted octanol–water partition coefficient (Wildman–Crippen LogP) is 3.40. The summed E-state index contributed by atoms with van der Waals surface area (Å²) in [4.78, 5) is 12.2. The number of pyridine rings is 1. The van der Waals surface area contributed by atoms with Gasteiger partial charge in [-0.25, -0.2) is 31.7 Å². The lowest BCUT2D eigenvalue weighted by Crippen LogP contribution is -2.14. The average Bonchev–Trinajstić information content (AvgIpc) is 3.08. The van der Waals surface area contributed by atoms with Crippen LogP contribution in [0.5, 0.6) is 0 Å². The first-order valence-corrected chi connectivity index (χ1v) is 12.1. The van der Waals surface area contributed by atoms with Gasteiger partial charge < -0.3 is 0 Å². The number of aromatic nitrogens is 4. The molecule has 154 valence electrons. The highest BCUT2D eigenvalue weighted by atomic mass is 35.5. The Kier molecular flexibility index (Phi) is 5.39. The first-order chi connectivity index (χ1) is 14.3. The molecule has 0 N–H and O–H groups in total. The van der Waals surface area contributed by atoms with Crippen LogP contribution < -0.4 is 0 Å². The van der Waals surface area contributed by atoms with Gasteiger partial charge in [0.15, 0.2) is 22.3 Å². The summed E-state index contributed by atoms with van der Waals surface area (Å²) in [5.41, 5.74) is 1.03. The molecule has 0 saturated carbocycles. The first kappa shape index (κ1) is 20.6. The fourth-order valence-electron chi connectivity index (χ4n) is 2.98. The van der Waals surface area contributed by atoms with Gasteiger partial charge in [0.1, 0.15) is 0 Å². The Bertz CT molecular complexity index is 1390. The Morgan fingerprint density at radius 3 is 2.60 bits per heavy atom. The van der Waals surface area contributed by atoms with Crippen molar-refractivity contribution in [2.24, 2.45) is 0 Å². The Balaban J connectivity index is 1.92. The zero-order chi connectivity index (χ0) is 21.5. The van der Waals surface area contributed by atoms with Gasteiger partial charge in [-0.05, 0) is 11.6 Å². The molecule has 1 unspecified atom stereocenters. The summed E-state index contributed by atoms with van der Waals surface area (Å²) in [5, 5.41) is 0.380. The van der Waals surface area contributed by atoms with Crippen LogP contribution in [0.25, 0.3) is 22.4 Å². The zero-order valence-electron chi connectivity index (χ0n) is 15.5. The molecule has 0 bridgehead atoms. The number of fused-ring (bicyclic) bond motifs is 1. The Labute approximate surface area is 179 Å². The van der Waals surface area contributed by atoms with E-state index < -0.39 is 26.6 Å². The molecule has 4 rings (SSSR count). The van der Waals surface area contributed by atoms with Crippen LogP contribution in [0.2, 0.25) is 5.02 Å². The molecule has 11 heteroatoms. The van der Waals surface area contributed by atoms with E-state index >= 15 is 0 Å². The zero-order valence-corrected chi connectivity index (χ0v) is 17.9. The first-order valence-electron chi connectivity index (χ1n) is 8.56. The Morgan fingerprint density at radius 2 is 1.90 bits per heavy atom. The highest BCUT2D eigenvalue weighted by Gasteiger charge is 2.23. The van der Waals surface area contributed by atoms with Gasteiger partial charge in [0, 0.05) is 29.6 Å². The predicted molar refractivity (Wildman–Crippen MR) is 113 cm³/mol. The second-order valence-corrected chi connectivity index (χ2v) is 9.98. The maximum absolute atomic E-state index is 13.9. The molecule has 3 heterocycles. The number of hydrogen-bond donors (Lipinski definition) is 0. The lowest BCUT2D eigenvalue weighted by atomic mass is 10.2. The van der Waals surface area contributed by atoms with Crippen LogP contribution in [-0.2, 0) is 26.6 Å². The highest BCUT2D eigenvalue weighted by Crippen LogP contribution is 2.31. The molecule has 7 nitrogen and oxygen atoms in total. The van der Waals surface area contributed by atoms with E-state index in [4.69, 9.17) is 11.6 Å². The van der Waals surface area contributed by atoms with E-state index in [1.807, 2.05) is 0 Å². The van der Waals surface area contributed by atoms with Crippen molar-refractivity contribution >= 4 is 43.5 Å². The quantitative estimate of drug-likeness (QED) is 0.420. The minimum absolute atomic E-state index is 0.0179. The van der Waals surface area contributed by atoms with Crippen LogP contribution in [0.4, 0.5) is 4.39 Å². The molecule has 0 radical (unpaired) electrons. The standard InChI is InChI=1S/C19H14ClFN4O3S2/c1-29(26)19-16(21)9-22-17(24-19)15-10-25(18-14(15)7-13(20)8-23-18)30(27,28)11-12-5-3-2-4-6-12/h2-10H,11H2,1H3. The second-order valence-electron chi connectivity index (χ2n) is 6.41. The lowest BCUT2D eigenvalue weighted by molar-refractivity contribution is 0.573. The summed E-state index contributed by atoms with van der Waals surface area (Å²) < 4.78 is 52.9. The van der Waals surface area contributed by atoms with Crippen LogP contribution in [-0.4, -0.2) is 37.8 Å². The molecule has 0 aliphatic heterocycles. The van der Waals surface area contributed by atoms with Gasteiger partial charge >= 0.3 is 0 Å². The number of nitrogens with zero attached hydrogens (tertiary/aromatic N) is 4. The van der Waals surface area contributed by atoms with Crippen LogP contribution in [0.15, 0.2) is 60.0 Å². The molecule has 30 heavy (non-hydrogen) atoms. The molecule has 0 aliphatic rings. The average molecular weight is 465 g/mol. The minimum atomic E-state index is -3.85. The molecule has 0 saturated heterocycles. The van der Waals surface area contributed by atoms with Gasteiger partial charge in [-0.2, -0.15) is 0 Å². The van der Waals surface area contributed by atoms with Gasteiger partial charge in [-0.15, -0.1) is 0 Å². The van der Waals surface area contributed by atoms with Crippen LogP contribution >= 0.6 is 11.6 Å². The van der Waals surface area contributed by atoms with Crippen molar-refractivity contribution < 1.29 is 17.0 Å². The van der Waals surface area contributed by atoms with Crippen molar-refractivity contribution in [2.45, 2.75) is 10.8 Å². The molecule has 3 aromatic heterocycles. The van der Waals surface area contributed by atoms with Crippen molar-refractivity contribution in [3.8, 4) is 11.4 Å². The topological polar surface area (TPSA) is 94.8 Å². The lowest BCUT2D eigenvalue weighted by Gasteiger charge is -2.07. The van der Waals surface area contributed by atoms with E-state index in [2.05, 4.69) is 15.0 Å². The Morgan fingerprint density at radius 1 is 1.17 bits per heavy atom.